The molecule has 0 aliphatic heterocycles. The average Bonchev–Trinajstić information content (AvgIpc) is 3.40. The van der Waals surface area contributed by atoms with E-state index in [2.05, 4.69) is 17.6 Å². The fraction of sp³-hybridized carbons (Fsp3) is 0.229. The molecule has 0 spiro atoms. The number of carboxylic acids is 2. The van der Waals surface area contributed by atoms with Crippen LogP contribution >= 0.6 is 23.1 Å². The first-order valence-electron chi connectivity index (χ1n) is 14.9. The van der Waals surface area contributed by atoms with Crippen LogP contribution in [0.1, 0.15) is 83.0 Å². The Kier molecular flexibility index (Phi) is 10.4. The molecule has 0 bridgehead atoms. The van der Waals surface area contributed by atoms with Gasteiger partial charge in [-0.25, -0.2) is 14.4 Å². The number of anilines is 2. The molecule has 242 valence electrons. The largest absolute Gasteiger partial charge is 0.478 e. The zero-order valence-corrected chi connectivity index (χ0v) is 27.2. The monoisotopic (exact) mass is 672 g/mol. The van der Waals surface area contributed by atoms with Gasteiger partial charge >= 0.3 is 17.9 Å². The fourth-order valence-corrected chi connectivity index (χ4v) is 7.86. The summed E-state index contributed by atoms with van der Waals surface area (Å²) in [6.45, 7) is 4.13. The molecular weight excluding hydrogens is 641 g/mol. The zero-order valence-electron chi connectivity index (χ0n) is 25.6. The highest BCUT2D eigenvalue weighted by molar-refractivity contribution is 8.00. The van der Waals surface area contributed by atoms with Crippen molar-refractivity contribution in [3.8, 4) is 0 Å². The van der Waals surface area contributed by atoms with E-state index in [4.69, 9.17) is 4.74 Å². The van der Waals surface area contributed by atoms with E-state index in [1.54, 1.807) is 31.2 Å². The zero-order chi connectivity index (χ0) is 33.7. The molecule has 1 aliphatic carbocycles. The van der Waals surface area contributed by atoms with Crippen molar-refractivity contribution in [2.45, 2.75) is 43.3 Å². The number of fused-ring (bicyclic) bond motifs is 1. The number of benzene rings is 3. The molecule has 12 heteroatoms. The summed E-state index contributed by atoms with van der Waals surface area (Å²) in [5.74, 6) is -3.80. The third-order valence-electron chi connectivity index (χ3n) is 7.66. The topological polar surface area (TPSA) is 159 Å². The molecule has 1 heterocycles. The van der Waals surface area contributed by atoms with E-state index in [0.29, 0.717) is 27.1 Å². The summed E-state index contributed by atoms with van der Waals surface area (Å²) in [7, 11) is 0. The molecule has 5 rings (SSSR count). The lowest BCUT2D eigenvalue weighted by Gasteiger charge is -2.19. The first kappa shape index (κ1) is 33.4. The Morgan fingerprint density at radius 2 is 1.70 bits per heavy atom. The Labute approximate surface area is 279 Å². The van der Waals surface area contributed by atoms with Gasteiger partial charge in [0.2, 0.25) is 5.91 Å². The first-order chi connectivity index (χ1) is 22.5. The van der Waals surface area contributed by atoms with Gasteiger partial charge in [0.25, 0.3) is 5.91 Å². The highest BCUT2D eigenvalue weighted by atomic mass is 32.2. The molecule has 2 atom stereocenters. The van der Waals surface area contributed by atoms with Crippen molar-refractivity contribution in [2.24, 2.45) is 5.92 Å². The molecule has 4 N–H and O–H groups in total. The van der Waals surface area contributed by atoms with E-state index in [1.807, 2.05) is 30.3 Å². The third kappa shape index (κ3) is 7.72. The maximum absolute atomic E-state index is 14.0. The van der Waals surface area contributed by atoms with Gasteiger partial charge in [-0.05, 0) is 79.6 Å². The standard InChI is InChI=1S/C35H32N2O8S2/c1-3-45-35(44)28-25-14-12-19(2)16-27(25)47-32(28)37-31(39)29(20-8-5-4-6-9-20)46-23-11-7-10-22(18-23)36-30(38)24-15-13-21(33(40)41)17-26(24)34(42)43/h4-11,13,15,17-19,29H,3,12,14,16H2,1-2H3,(H,36,38)(H,37,39)(H,40,41)(H,42,43). The quantitative estimate of drug-likeness (QED) is 0.0957. The fourth-order valence-electron chi connectivity index (χ4n) is 5.37. The number of hydrogen-bond acceptors (Lipinski definition) is 8. The lowest BCUT2D eigenvalue weighted by molar-refractivity contribution is -0.115. The van der Waals surface area contributed by atoms with Gasteiger partial charge in [0.1, 0.15) is 10.3 Å². The van der Waals surface area contributed by atoms with E-state index in [-0.39, 0.29) is 23.6 Å². The number of hydrogen-bond donors (Lipinski definition) is 4. The molecule has 0 saturated heterocycles. The van der Waals surface area contributed by atoms with Crippen LogP contribution in [-0.2, 0) is 22.4 Å². The number of thiophene rings is 1. The maximum Gasteiger partial charge on any atom is 0.341 e. The van der Waals surface area contributed by atoms with Crippen LogP contribution in [0.5, 0.6) is 0 Å². The van der Waals surface area contributed by atoms with Crippen molar-refractivity contribution >= 4 is 63.5 Å². The highest BCUT2D eigenvalue weighted by Gasteiger charge is 2.31. The van der Waals surface area contributed by atoms with Gasteiger partial charge < -0.3 is 25.6 Å². The number of nitrogens with one attached hydrogen (secondary N) is 2. The molecule has 3 aromatic carbocycles. The van der Waals surface area contributed by atoms with Crippen LogP contribution in [0.3, 0.4) is 0 Å². The van der Waals surface area contributed by atoms with E-state index >= 15 is 0 Å². The Morgan fingerprint density at radius 1 is 0.936 bits per heavy atom. The summed E-state index contributed by atoms with van der Waals surface area (Å²) in [6, 6.07) is 19.2. The number of ether oxygens (including phenoxy) is 1. The minimum Gasteiger partial charge on any atom is -0.478 e. The van der Waals surface area contributed by atoms with Crippen molar-refractivity contribution in [3.63, 3.8) is 0 Å². The van der Waals surface area contributed by atoms with Crippen LogP contribution in [0.15, 0.2) is 77.7 Å². The Bertz CT molecular complexity index is 1850. The van der Waals surface area contributed by atoms with Crippen molar-refractivity contribution < 1.29 is 38.9 Å². The molecule has 1 aromatic heterocycles. The number of carbonyl (C=O) groups excluding carboxylic acids is 3. The lowest BCUT2D eigenvalue weighted by atomic mass is 9.88. The third-order valence-corrected chi connectivity index (χ3v) is 10.1. The van der Waals surface area contributed by atoms with E-state index in [0.717, 1.165) is 53.5 Å². The van der Waals surface area contributed by atoms with Crippen LogP contribution < -0.4 is 10.6 Å². The molecule has 10 nitrogen and oxygen atoms in total. The van der Waals surface area contributed by atoms with E-state index in [1.165, 1.54) is 23.1 Å². The van der Waals surface area contributed by atoms with Crippen molar-refractivity contribution in [2.75, 3.05) is 17.2 Å². The van der Waals surface area contributed by atoms with Crippen LogP contribution in [0.2, 0.25) is 0 Å². The van der Waals surface area contributed by atoms with Gasteiger partial charge in [-0.1, -0.05) is 43.3 Å². The van der Waals surface area contributed by atoms with Crippen molar-refractivity contribution in [1.82, 2.24) is 0 Å². The van der Waals surface area contributed by atoms with Gasteiger partial charge in [0, 0.05) is 15.5 Å². The molecule has 47 heavy (non-hydrogen) atoms. The van der Waals surface area contributed by atoms with E-state index in [9.17, 15) is 34.2 Å². The summed E-state index contributed by atoms with van der Waals surface area (Å²) in [5, 5.41) is 24.3. The van der Waals surface area contributed by atoms with Crippen LogP contribution in [0, 0.1) is 5.92 Å². The van der Waals surface area contributed by atoms with Crippen LogP contribution in [-0.4, -0.2) is 46.5 Å². The predicted octanol–water partition coefficient (Wildman–Crippen LogP) is 7.17. The maximum atomic E-state index is 14.0. The summed E-state index contributed by atoms with van der Waals surface area (Å²) >= 11 is 2.66. The predicted molar refractivity (Wildman–Crippen MR) is 180 cm³/mol. The minimum atomic E-state index is -1.44. The second-order valence-corrected chi connectivity index (χ2v) is 13.3. The smallest absolute Gasteiger partial charge is 0.341 e. The SMILES string of the molecule is CCOC(=O)c1c(NC(=O)C(Sc2cccc(NC(=O)c3ccc(C(=O)O)cc3C(=O)O)c2)c2ccccc2)sc2c1CCC(C)C2. The van der Waals surface area contributed by atoms with Crippen molar-refractivity contribution in [1.29, 1.82) is 0 Å². The second-order valence-electron chi connectivity index (χ2n) is 11.0. The Hall–Kier alpha value is -4.94. The minimum absolute atomic E-state index is 0.201. The van der Waals surface area contributed by atoms with Crippen LogP contribution in [0.4, 0.5) is 10.7 Å². The number of esters is 1. The average molecular weight is 673 g/mol. The van der Waals surface area contributed by atoms with Gasteiger partial charge in [-0.3, -0.25) is 9.59 Å². The van der Waals surface area contributed by atoms with Crippen LogP contribution in [0.25, 0.3) is 0 Å². The highest BCUT2D eigenvalue weighted by Crippen LogP contribution is 2.42. The molecule has 2 unspecified atom stereocenters. The van der Waals surface area contributed by atoms with Gasteiger partial charge in [-0.15, -0.1) is 23.1 Å². The molecule has 0 saturated carbocycles. The number of amides is 2. The molecule has 0 radical (unpaired) electrons. The first-order valence-corrected chi connectivity index (χ1v) is 16.6. The summed E-state index contributed by atoms with van der Waals surface area (Å²) in [6.07, 6.45) is 2.52. The summed E-state index contributed by atoms with van der Waals surface area (Å²) in [5.41, 5.74) is 1.53. The second kappa shape index (κ2) is 14.7. The molecule has 4 aromatic rings. The summed E-state index contributed by atoms with van der Waals surface area (Å²) in [4.78, 5) is 65.0. The van der Waals surface area contributed by atoms with Gasteiger partial charge in [0.05, 0.1) is 28.9 Å². The van der Waals surface area contributed by atoms with E-state index < -0.39 is 34.6 Å². The Balaban J connectivity index is 1.41. The summed E-state index contributed by atoms with van der Waals surface area (Å²) < 4.78 is 5.37. The lowest BCUT2D eigenvalue weighted by Crippen LogP contribution is -2.20. The number of carbonyl (C=O) groups is 5. The normalized spacial score (nSPS) is 14.4. The number of rotatable bonds is 11. The van der Waals surface area contributed by atoms with Gasteiger partial charge in [0.15, 0.2) is 0 Å². The number of aromatic carboxylic acids is 2. The molecule has 2 amide bonds. The van der Waals surface area contributed by atoms with Crippen molar-refractivity contribution in [3.05, 3.63) is 111 Å². The van der Waals surface area contributed by atoms with Gasteiger partial charge in [-0.2, -0.15) is 0 Å². The number of carboxylic acid groups (broad SMARTS) is 2. The molecule has 0 fully saturated rings. The number of thioether (sulfide) groups is 1. The molecular formula is C35H32N2O8S2. The Morgan fingerprint density at radius 3 is 2.40 bits per heavy atom. The molecule has 1 aliphatic rings.